The average molecular weight is 406 g/mol. The minimum absolute atomic E-state index is 0.0373. The van der Waals surface area contributed by atoms with Gasteiger partial charge in [-0.25, -0.2) is 0 Å². The number of nitrogens with two attached hydrogens (primary N) is 1. The van der Waals surface area contributed by atoms with Crippen LogP contribution in [0, 0.1) is 5.92 Å². The first kappa shape index (κ1) is 24.5. The van der Waals surface area contributed by atoms with Gasteiger partial charge in [0.1, 0.15) is 0 Å². The van der Waals surface area contributed by atoms with E-state index in [0.717, 1.165) is 24.8 Å². The lowest BCUT2D eigenvalue weighted by molar-refractivity contribution is -0.122. The second-order valence-corrected chi connectivity index (χ2v) is 7.21. The Bertz CT molecular complexity index is 674. The summed E-state index contributed by atoms with van der Waals surface area (Å²) in [6.07, 6.45) is 7.24. The zero-order chi connectivity index (χ0) is 21.6. The molecule has 0 radical (unpaired) electrons. The number of ether oxygens (including phenoxy) is 2. The van der Waals surface area contributed by atoms with Crippen molar-refractivity contribution in [3.8, 4) is 11.5 Å². The smallest absolute Gasteiger partial charge is 0.236 e. The van der Waals surface area contributed by atoms with Gasteiger partial charge in [0.15, 0.2) is 17.7 Å². The van der Waals surface area contributed by atoms with Crippen molar-refractivity contribution >= 4 is 11.8 Å². The third kappa shape index (κ3) is 10.5. The minimum Gasteiger partial charge on any atom is -0.493 e. The summed E-state index contributed by atoms with van der Waals surface area (Å²) in [5.74, 6) is 1.34. The van der Waals surface area contributed by atoms with E-state index in [1.807, 2.05) is 12.1 Å². The van der Waals surface area contributed by atoms with Crippen LogP contribution in [0.5, 0.6) is 11.5 Å². The molecule has 162 valence electrons. The zero-order valence-corrected chi connectivity index (χ0v) is 18.0. The van der Waals surface area contributed by atoms with Gasteiger partial charge in [-0.1, -0.05) is 32.1 Å². The molecule has 1 aromatic rings. The largest absolute Gasteiger partial charge is 0.493 e. The molecule has 7 nitrogen and oxygen atoms in total. The standard InChI is InChI=1S/C22H35N3O4/c1-16(2)9-7-5-6-8-10-21(26)24-15-18-11-12-19(20(13-18)28-4)29-17(3)25-22(27)14-23/h7,9,11-13,16-17H,5-6,8,10,14-15,23H2,1-4H3,(H,24,26)(H,25,27)/b9-7+. The molecule has 0 aromatic heterocycles. The molecule has 0 bridgehead atoms. The molecule has 1 unspecified atom stereocenters. The van der Waals surface area contributed by atoms with Crippen LogP contribution in [-0.4, -0.2) is 31.7 Å². The van der Waals surface area contributed by atoms with Gasteiger partial charge in [-0.15, -0.1) is 0 Å². The molecule has 1 atom stereocenters. The Morgan fingerprint density at radius 2 is 1.90 bits per heavy atom. The summed E-state index contributed by atoms with van der Waals surface area (Å²) in [6.45, 7) is 6.33. The Labute approximate surface area is 174 Å². The molecule has 1 rings (SSSR count). The molecule has 0 saturated heterocycles. The quantitative estimate of drug-likeness (QED) is 0.266. The predicted molar refractivity (Wildman–Crippen MR) is 115 cm³/mol. The SMILES string of the molecule is COc1cc(CNC(=O)CCCC/C=C/C(C)C)ccc1OC(C)NC(=O)CN. The van der Waals surface area contributed by atoms with Crippen molar-refractivity contribution in [2.24, 2.45) is 11.7 Å². The molecule has 0 saturated carbocycles. The Morgan fingerprint density at radius 3 is 2.55 bits per heavy atom. The maximum Gasteiger partial charge on any atom is 0.236 e. The fourth-order valence-electron chi connectivity index (χ4n) is 2.63. The molecule has 0 aliphatic heterocycles. The Kier molecular flexibility index (Phi) is 11.5. The van der Waals surface area contributed by atoms with Gasteiger partial charge in [0.05, 0.1) is 13.7 Å². The van der Waals surface area contributed by atoms with Crippen molar-refractivity contribution in [3.05, 3.63) is 35.9 Å². The summed E-state index contributed by atoms with van der Waals surface area (Å²) < 4.78 is 11.0. The highest BCUT2D eigenvalue weighted by molar-refractivity contribution is 5.77. The maximum atomic E-state index is 12.0. The number of hydrogen-bond donors (Lipinski definition) is 3. The topological polar surface area (TPSA) is 103 Å². The van der Waals surface area contributed by atoms with Gasteiger partial charge in [-0.3, -0.25) is 9.59 Å². The molecule has 4 N–H and O–H groups in total. The lowest BCUT2D eigenvalue weighted by Crippen LogP contribution is -2.40. The Morgan fingerprint density at radius 1 is 1.14 bits per heavy atom. The fourth-order valence-corrected chi connectivity index (χ4v) is 2.63. The second kappa shape index (κ2) is 13.6. The van der Waals surface area contributed by atoms with Gasteiger partial charge in [0, 0.05) is 13.0 Å². The summed E-state index contributed by atoms with van der Waals surface area (Å²) in [4.78, 5) is 23.4. The molecule has 0 aliphatic carbocycles. The number of amides is 2. The number of nitrogens with one attached hydrogen (secondary N) is 2. The van der Waals surface area contributed by atoms with Crippen LogP contribution < -0.4 is 25.8 Å². The van der Waals surface area contributed by atoms with Gasteiger partial charge in [0.2, 0.25) is 11.8 Å². The van der Waals surface area contributed by atoms with Gasteiger partial charge in [-0.05, 0) is 49.8 Å². The fraction of sp³-hybridized carbons (Fsp3) is 0.545. The van der Waals surface area contributed by atoms with E-state index >= 15 is 0 Å². The molecule has 2 amide bonds. The summed E-state index contributed by atoms with van der Waals surface area (Å²) in [5.41, 5.74) is 6.18. The van der Waals surface area contributed by atoms with E-state index in [9.17, 15) is 9.59 Å². The first-order valence-corrected chi connectivity index (χ1v) is 10.1. The van der Waals surface area contributed by atoms with Crippen LogP contribution >= 0.6 is 0 Å². The highest BCUT2D eigenvalue weighted by Gasteiger charge is 2.12. The Hall–Kier alpha value is -2.54. The molecule has 29 heavy (non-hydrogen) atoms. The molecule has 0 fully saturated rings. The number of allylic oxidation sites excluding steroid dienone is 2. The number of methoxy groups -OCH3 is 1. The van der Waals surface area contributed by atoms with Gasteiger partial charge in [0.25, 0.3) is 0 Å². The first-order valence-electron chi connectivity index (χ1n) is 10.1. The van der Waals surface area contributed by atoms with Crippen molar-refractivity contribution in [2.75, 3.05) is 13.7 Å². The van der Waals surface area contributed by atoms with E-state index < -0.39 is 6.23 Å². The van der Waals surface area contributed by atoms with E-state index in [4.69, 9.17) is 15.2 Å². The summed E-state index contributed by atoms with van der Waals surface area (Å²) in [6, 6.07) is 5.42. The van der Waals surface area contributed by atoms with Crippen molar-refractivity contribution in [2.45, 2.75) is 59.2 Å². The maximum absolute atomic E-state index is 12.0. The van der Waals surface area contributed by atoms with E-state index in [1.54, 1.807) is 20.1 Å². The summed E-state index contributed by atoms with van der Waals surface area (Å²) in [7, 11) is 1.54. The number of benzene rings is 1. The van der Waals surface area contributed by atoms with Crippen LogP contribution in [0.4, 0.5) is 0 Å². The number of unbranched alkanes of at least 4 members (excludes halogenated alkanes) is 2. The number of carbonyl (C=O) groups excluding carboxylic acids is 2. The van der Waals surface area contributed by atoms with Crippen LogP contribution in [-0.2, 0) is 16.1 Å². The van der Waals surface area contributed by atoms with Crippen LogP contribution in [0.25, 0.3) is 0 Å². The highest BCUT2D eigenvalue weighted by Crippen LogP contribution is 2.28. The monoisotopic (exact) mass is 405 g/mol. The molecule has 0 spiro atoms. The van der Waals surface area contributed by atoms with Gasteiger partial charge < -0.3 is 25.8 Å². The molecule has 7 heteroatoms. The second-order valence-electron chi connectivity index (χ2n) is 7.21. The van der Waals surface area contributed by atoms with Gasteiger partial charge in [-0.2, -0.15) is 0 Å². The van der Waals surface area contributed by atoms with Crippen LogP contribution in [0.15, 0.2) is 30.4 Å². The minimum atomic E-state index is -0.541. The van der Waals surface area contributed by atoms with Crippen LogP contribution in [0.3, 0.4) is 0 Å². The number of carbonyl (C=O) groups is 2. The zero-order valence-electron chi connectivity index (χ0n) is 18.0. The number of hydrogen-bond acceptors (Lipinski definition) is 5. The molecular weight excluding hydrogens is 370 g/mol. The third-order valence-electron chi connectivity index (χ3n) is 4.12. The van der Waals surface area contributed by atoms with Crippen molar-refractivity contribution in [1.29, 1.82) is 0 Å². The van der Waals surface area contributed by atoms with Gasteiger partial charge >= 0.3 is 0 Å². The lowest BCUT2D eigenvalue weighted by atomic mass is 10.1. The van der Waals surface area contributed by atoms with Crippen molar-refractivity contribution in [3.63, 3.8) is 0 Å². The highest BCUT2D eigenvalue weighted by atomic mass is 16.5. The molecule has 0 heterocycles. The van der Waals surface area contributed by atoms with E-state index in [0.29, 0.717) is 30.4 Å². The van der Waals surface area contributed by atoms with Crippen molar-refractivity contribution < 1.29 is 19.1 Å². The summed E-state index contributed by atoms with van der Waals surface area (Å²) in [5, 5.41) is 5.55. The predicted octanol–water partition coefficient (Wildman–Crippen LogP) is 2.88. The third-order valence-corrected chi connectivity index (χ3v) is 4.12. The molecular formula is C22H35N3O4. The Balaban J connectivity index is 2.44. The average Bonchev–Trinajstić information content (AvgIpc) is 2.69. The van der Waals surface area contributed by atoms with Crippen LogP contribution in [0.1, 0.15) is 52.0 Å². The molecule has 0 aliphatic rings. The van der Waals surface area contributed by atoms with E-state index in [1.165, 1.54) is 0 Å². The normalized spacial score (nSPS) is 12.1. The van der Waals surface area contributed by atoms with E-state index in [2.05, 4.69) is 36.6 Å². The lowest BCUT2D eigenvalue weighted by Gasteiger charge is -2.18. The summed E-state index contributed by atoms with van der Waals surface area (Å²) >= 11 is 0. The van der Waals surface area contributed by atoms with E-state index in [-0.39, 0.29) is 18.4 Å². The van der Waals surface area contributed by atoms with Crippen LogP contribution in [0.2, 0.25) is 0 Å². The molecule has 1 aromatic carbocycles. The van der Waals surface area contributed by atoms with Crippen molar-refractivity contribution in [1.82, 2.24) is 10.6 Å². The first-order chi connectivity index (χ1) is 13.8. The number of rotatable bonds is 13.